The second kappa shape index (κ2) is 13.7. The molecular weight excluding hydrogens is 412 g/mol. The van der Waals surface area contributed by atoms with Crippen LogP contribution in [0.1, 0.15) is 120 Å². The summed E-state index contributed by atoms with van der Waals surface area (Å²) in [6.07, 6.45) is 10.0. The van der Waals surface area contributed by atoms with Gasteiger partial charge in [-0.15, -0.1) is 0 Å². The van der Waals surface area contributed by atoms with Crippen LogP contribution in [0.25, 0.3) is 0 Å². The molecular formula is C29H54O4. The lowest BCUT2D eigenvalue weighted by Crippen LogP contribution is -2.39. The van der Waals surface area contributed by atoms with E-state index in [1.807, 2.05) is 0 Å². The quantitative estimate of drug-likeness (QED) is 0.275. The normalized spacial score (nSPS) is 22.8. The Morgan fingerprint density at radius 3 is 1.79 bits per heavy atom. The Bertz CT molecular complexity index is 581. The predicted molar refractivity (Wildman–Crippen MR) is 137 cm³/mol. The minimum Gasteiger partial charge on any atom is -0.465 e. The van der Waals surface area contributed by atoms with E-state index in [0.717, 1.165) is 37.5 Å². The predicted octanol–water partition coefficient (Wildman–Crippen LogP) is 7.83. The Labute approximate surface area is 205 Å². The Hall–Kier alpha value is -1.06. The van der Waals surface area contributed by atoms with E-state index in [9.17, 15) is 9.59 Å². The third-order valence-electron chi connectivity index (χ3n) is 6.65. The van der Waals surface area contributed by atoms with Gasteiger partial charge >= 0.3 is 11.9 Å². The molecule has 0 aliphatic heterocycles. The molecule has 1 saturated carbocycles. The highest BCUT2D eigenvalue weighted by Crippen LogP contribution is 2.39. The Morgan fingerprint density at radius 1 is 0.758 bits per heavy atom. The molecule has 0 saturated heterocycles. The molecule has 194 valence electrons. The molecule has 4 unspecified atom stereocenters. The molecule has 0 bridgehead atoms. The summed E-state index contributed by atoms with van der Waals surface area (Å²) < 4.78 is 11.3. The van der Waals surface area contributed by atoms with Gasteiger partial charge in [0.05, 0.1) is 25.0 Å². The van der Waals surface area contributed by atoms with Crippen molar-refractivity contribution in [2.24, 2.45) is 40.4 Å². The van der Waals surface area contributed by atoms with Crippen LogP contribution in [0.2, 0.25) is 0 Å². The molecule has 0 aromatic rings. The molecule has 0 amide bonds. The second-order valence-electron chi connectivity index (χ2n) is 13.6. The first-order valence-corrected chi connectivity index (χ1v) is 13.5. The van der Waals surface area contributed by atoms with Gasteiger partial charge in [0.15, 0.2) is 0 Å². The average molecular weight is 467 g/mol. The highest BCUT2D eigenvalue weighted by Gasteiger charge is 2.41. The van der Waals surface area contributed by atoms with Crippen LogP contribution in [-0.4, -0.2) is 25.2 Å². The van der Waals surface area contributed by atoms with Gasteiger partial charge in [-0.25, -0.2) is 0 Å². The summed E-state index contributed by atoms with van der Waals surface area (Å²) in [5.41, 5.74) is -0.168. The van der Waals surface area contributed by atoms with E-state index in [2.05, 4.69) is 62.3 Å². The molecule has 4 heteroatoms. The van der Waals surface area contributed by atoms with Gasteiger partial charge in [0, 0.05) is 0 Å². The first-order chi connectivity index (χ1) is 15.2. The van der Waals surface area contributed by atoms with Gasteiger partial charge in [0.2, 0.25) is 0 Å². The van der Waals surface area contributed by atoms with Crippen molar-refractivity contribution in [3.05, 3.63) is 0 Å². The minimum absolute atomic E-state index is 0.0824. The van der Waals surface area contributed by atoms with Crippen molar-refractivity contribution in [2.75, 3.05) is 13.2 Å². The van der Waals surface area contributed by atoms with E-state index in [1.54, 1.807) is 0 Å². The summed E-state index contributed by atoms with van der Waals surface area (Å²) >= 11 is 0. The third-order valence-corrected chi connectivity index (χ3v) is 6.65. The van der Waals surface area contributed by atoms with E-state index < -0.39 is 0 Å². The molecule has 4 nitrogen and oxygen atoms in total. The first kappa shape index (κ1) is 30.0. The van der Waals surface area contributed by atoms with Crippen LogP contribution < -0.4 is 0 Å². The van der Waals surface area contributed by atoms with Crippen LogP contribution in [0, 0.1) is 40.4 Å². The maximum Gasteiger partial charge on any atom is 0.309 e. The third kappa shape index (κ3) is 13.4. The van der Waals surface area contributed by atoms with Gasteiger partial charge in [0.25, 0.3) is 0 Å². The smallest absolute Gasteiger partial charge is 0.309 e. The Morgan fingerprint density at radius 2 is 1.27 bits per heavy atom. The second-order valence-corrected chi connectivity index (χ2v) is 13.6. The lowest BCUT2D eigenvalue weighted by atomic mass is 9.72. The van der Waals surface area contributed by atoms with Gasteiger partial charge in [0.1, 0.15) is 0 Å². The Balaban J connectivity index is 2.65. The van der Waals surface area contributed by atoms with Crippen molar-refractivity contribution in [3.63, 3.8) is 0 Å². The number of hydrogen-bond donors (Lipinski definition) is 0. The molecule has 0 aromatic heterocycles. The fourth-order valence-corrected chi connectivity index (χ4v) is 4.63. The summed E-state index contributed by atoms with van der Waals surface area (Å²) in [6.45, 7) is 20.0. The van der Waals surface area contributed by atoms with Crippen LogP contribution in [0.5, 0.6) is 0 Å². The van der Waals surface area contributed by atoms with Crippen molar-refractivity contribution < 1.29 is 19.1 Å². The highest BCUT2D eigenvalue weighted by molar-refractivity contribution is 5.82. The topological polar surface area (TPSA) is 52.6 Å². The van der Waals surface area contributed by atoms with Gasteiger partial charge in [-0.3, -0.25) is 9.59 Å². The summed E-state index contributed by atoms with van der Waals surface area (Å²) in [4.78, 5) is 25.9. The molecule has 0 aromatic carbocycles. The first-order valence-electron chi connectivity index (χ1n) is 13.5. The fraction of sp³-hybridized carbons (Fsp3) is 0.931. The van der Waals surface area contributed by atoms with Gasteiger partial charge < -0.3 is 9.47 Å². The number of hydrogen-bond acceptors (Lipinski definition) is 4. The van der Waals surface area contributed by atoms with Crippen molar-refractivity contribution in [1.82, 2.24) is 0 Å². The molecule has 1 aliphatic carbocycles. The van der Waals surface area contributed by atoms with E-state index in [-0.39, 0.29) is 34.6 Å². The fourth-order valence-electron chi connectivity index (χ4n) is 4.63. The van der Waals surface area contributed by atoms with E-state index in [1.165, 1.54) is 32.1 Å². The van der Waals surface area contributed by atoms with E-state index in [4.69, 9.17) is 9.47 Å². The number of carbonyl (C=O) groups is 2. The maximum atomic E-state index is 13.0. The van der Waals surface area contributed by atoms with E-state index >= 15 is 0 Å². The number of ether oxygens (including phenoxy) is 2. The van der Waals surface area contributed by atoms with Crippen LogP contribution in [-0.2, 0) is 19.1 Å². The molecule has 0 radical (unpaired) electrons. The number of carbonyl (C=O) groups excluding carboxylic acids is 2. The SMILES string of the molecule is CC(C)CCCC(C)CCCC1CCC(C(=O)OCC(C)(C)C)C(C(=O)OCC(C)(C)C)C1. The highest BCUT2D eigenvalue weighted by atomic mass is 16.5. The zero-order valence-electron chi connectivity index (χ0n) is 23.3. The van der Waals surface area contributed by atoms with Gasteiger partial charge in [-0.2, -0.15) is 0 Å². The standard InChI is InChI=1S/C29H54O4/c1-21(2)12-10-13-22(3)14-11-15-23-16-17-24(26(30)32-19-28(4,5)6)25(18-23)27(31)33-20-29(7,8)9/h21-25H,10-20H2,1-9H3. The minimum atomic E-state index is -0.373. The monoisotopic (exact) mass is 466 g/mol. The lowest BCUT2D eigenvalue weighted by molar-refractivity contribution is -0.166. The van der Waals surface area contributed by atoms with Gasteiger partial charge in [-0.05, 0) is 47.8 Å². The average Bonchev–Trinajstić information content (AvgIpc) is 2.68. The summed E-state index contributed by atoms with van der Waals surface area (Å²) in [5.74, 6) is 0.867. The number of esters is 2. The summed E-state index contributed by atoms with van der Waals surface area (Å²) in [5, 5.41) is 0. The summed E-state index contributed by atoms with van der Waals surface area (Å²) in [6, 6.07) is 0. The van der Waals surface area contributed by atoms with Crippen LogP contribution in [0.3, 0.4) is 0 Å². The van der Waals surface area contributed by atoms with Crippen molar-refractivity contribution in [3.8, 4) is 0 Å². The molecule has 0 heterocycles. The van der Waals surface area contributed by atoms with Gasteiger partial charge in [-0.1, -0.05) is 101 Å². The molecule has 0 spiro atoms. The molecule has 1 fully saturated rings. The Kier molecular flexibility index (Phi) is 12.5. The van der Waals surface area contributed by atoms with Crippen LogP contribution >= 0.6 is 0 Å². The lowest BCUT2D eigenvalue weighted by Gasteiger charge is -2.34. The molecule has 1 aliphatic rings. The molecule has 0 N–H and O–H groups in total. The van der Waals surface area contributed by atoms with E-state index in [0.29, 0.717) is 19.1 Å². The zero-order valence-corrected chi connectivity index (χ0v) is 23.3. The maximum absolute atomic E-state index is 13.0. The van der Waals surface area contributed by atoms with Crippen molar-refractivity contribution in [2.45, 2.75) is 120 Å². The summed E-state index contributed by atoms with van der Waals surface area (Å²) in [7, 11) is 0. The van der Waals surface area contributed by atoms with Crippen molar-refractivity contribution >= 4 is 11.9 Å². The number of rotatable bonds is 12. The van der Waals surface area contributed by atoms with Crippen LogP contribution in [0.15, 0.2) is 0 Å². The van der Waals surface area contributed by atoms with Crippen molar-refractivity contribution in [1.29, 1.82) is 0 Å². The molecule has 33 heavy (non-hydrogen) atoms. The van der Waals surface area contributed by atoms with Crippen LogP contribution in [0.4, 0.5) is 0 Å². The molecule has 4 atom stereocenters. The largest absolute Gasteiger partial charge is 0.465 e. The molecule has 1 rings (SSSR count). The zero-order chi connectivity index (χ0) is 25.2.